The minimum atomic E-state index is -3.30. The summed E-state index contributed by atoms with van der Waals surface area (Å²) >= 11 is 0. The number of sulfone groups is 1. The smallest absolute Gasteiger partial charge is 0.237 e. The lowest BCUT2D eigenvalue weighted by atomic mass is 9.77. The van der Waals surface area contributed by atoms with Gasteiger partial charge in [0.25, 0.3) is 0 Å². The molecule has 1 aromatic rings. The Morgan fingerprint density at radius 3 is 2.58 bits per heavy atom. The minimum absolute atomic E-state index is 0.0370. The first-order valence-corrected chi connectivity index (χ1v) is 11.3. The van der Waals surface area contributed by atoms with Crippen molar-refractivity contribution in [3.8, 4) is 0 Å². The molecule has 144 valence electrons. The lowest BCUT2D eigenvalue weighted by Gasteiger charge is -2.36. The quantitative estimate of drug-likeness (QED) is 0.741. The highest BCUT2D eigenvalue weighted by Gasteiger charge is 2.45. The summed E-state index contributed by atoms with van der Waals surface area (Å²) in [7, 11) is -1.58. The summed E-state index contributed by atoms with van der Waals surface area (Å²) in [5.74, 6) is 0.577. The van der Waals surface area contributed by atoms with Gasteiger partial charge in [-0.3, -0.25) is 4.79 Å². The summed E-state index contributed by atoms with van der Waals surface area (Å²) in [6, 6.07) is 0.117. The highest BCUT2D eigenvalue weighted by molar-refractivity contribution is 7.91. The first-order valence-electron chi connectivity index (χ1n) is 9.24. The number of hydrogen-bond acceptors (Lipinski definition) is 6. The minimum Gasteiger partial charge on any atom is -0.379 e. The van der Waals surface area contributed by atoms with Gasteiger partial charge in [0.2, 0.25) is 5.91 Å². The highest BCUT2D eigenvalue weighted by atomic mass is 32.2. The summed E-state index contributed by atoms with van der Waals surface area (Å²) in [6.45, 7) is 1.24. The van der Waals surface area contributed by atoms with Gasteiger partial charge in [0.1, 0.15) is 5.75 Å². The average molecular weight is 382 g/mol. The van der Waals surface area contributed by atoms with E-state index < -0.39 is 15.6 Å². The molecule has 4 atom stereocenters. The van der Waals surface area contributed by atoms with Gasteiger partial charge in [-0.15, -0.1) is 5.10 Å². The summed E-state index contributed by atoms with van der Waals surface area (Å²) in [5, 5.41) is 8.66. The van der Waals surface area contributed by atoms with E-state index in [0.717, 1.165) is 24.8 Å². The standard InChI is InChI=1S/C17H26N4O4S/c1-25-16-6-13-8-20(17(22)10-26(2,23)24)7-12(13)5-15(16)21-9-14(18-19-21)11-3-4-11/h9,11-13,15-16H,3-8,10H2,1-2H3/t12-,13+,15-,16-/m1/s1. The summed E-state index contributed by atoms with van der Waals surface area (Å²) in [5.41, 5.74) is 1.07. The molecule has 0 bridgehead atoms. The molecule has 2 aliphatic carbocycles. The SMILES string of the molecule is CO[C@@H]1C[C@H]2CN(C(=O)CS(C)(=O)=O)C[C@H]2C[C@H]1n1cc(C2CC2)nn1. The maximum atomic E-state index is 12.3. The largest absolute Gasteiger partial charge is 0.379 e. The first kappa shape index (κ1) is 17.9. The second-order valence-corrected chi connectivity index (χ2v) is 10.2. The monoisotopic (exact) mass is 382 g/mol. The zero-order chi connectivity index (χ0) is 18.5. The van der Waals surface area contributed by atoms with E-state index in [-0.39, 0.29) is 18.1 Å². The van der Waals surface area contributed by atoms with E-state index in [4.69, 9.17) is 4.74 Å². The van der Waals surface area contributed by atoms with E-state index in [1.807, 2.05) is 4.68 Å². The van der Waals surface area contributed by atoms with Crippen LogP contribution in [0.5, 0.6) is 0 Å². The molecule has 1 amide bonds. The number of hydrogen-bond donors (Lipinski definition) is 0. The Morgan fingerprint density at radius 1 is 1.27 bits per heavy atom. The molecule has 1 aliphatic heterocycles. The van der Waals surface area contributed by atoms with E-state index in [1.165, 1.54) is 12.8 Å². The van der Waals surface area contributed by atoms with Gasteiger partial charge < -0.3 is 9.64 Å². The van der Waals surface area contributed by atoms with Crippen LogP contribution in [-0.2, 0) is 19.4 Å². The van der Waals surface area contributed by atoms with E-state index >= 15 is 0 Å². The fourth-order valence-electron chi connectivity index (χ4n) is 4.46. The third-order valence-electron chi connectivity index (χ3n) is 5.99. The Kier molecular flexibility index (Phi) is 4.54. The van der Waals surface area contributed by atoms with Crippen LogP contribution in [0.4, 0.5) is 0 Å². The van der Waals surface area contributed by atoms with Crippen molar-refractivity contribution in [3.63, 3.8) is 0 Å². The topological polar surface area (TPSA) is 94.4 Å². The number of nitrogens with zero attached hydrogens (tertiary/aromatic N) is 4. The third-order valence-corrected chi connectivity index (χ3v) is 6.76. The van der Waals surface area contributed by atoms with Gasteiger partial charge in [-0.1, -0.05) is 5.21 Å². The molecule has 2 saturated carbocycles. The van der Waals surface area contributed by atoms with Gasteiger partial charge in [-0.25, -0.2) is 13.1 Å². The third kappa shape index (κ3) is 3.64. The number of rotatable bonds is 5. The number of methoxy groups -OCH3 is 1. The molecule has 3 fully saturated rings. The van der Waals surface area contributed by atoms with Gasteiger partial charge in [-0.05, 0) is 37.5 Å². The zero-order valence-electron chi connectivity index (χ0n) is 15.2. The number of fused-ring (bicyclic) bond motifs is 1. The molecular weight excluding hydrogens is 356 g/mol. The van der Waals surface area contributed by atoms with E-state index in [9.17, 15) is 13.2 Å². The molecule has 1 saturated heterocycles. The molecule has 8 nitrogen and oxygen atoms in total. The van der Waals surface area contributed by atoms with Crippen LogP contribution >= 0.6 is 0 Å². The van der Waals surface area contributed by atoms with Crippen LogP contribution in [0.2, 0.25) is 0 Å². The number of carbonyl (C=O) groups excluding carboxylic acids is 1. The van der Waals surface area contributed by atoms with Crippen LogP contribution in [0.25, 0.3) is 0 Å². The van der Waals surface area contributed by atoms with Crippen molar-refractivity contribution in [1.82, 2.24) is 19.9 Å². The molecule has 0 N–H and O–H groups in total. The number of likely N-dealkylation sites (tertiary alicyclic amines) is 1. The van der Waals surface area contributed by atoms with Crippen LogP contribution in [0.15, 0.2) is 6.20 Å². The van der Waals surface area contributed by atoms with Crippen LogP contribution < -0.4 is 0 Å². The highest BCUT2D eigenvalue weighted by Crippen LogP contribution is 2.43. The Morgan fingerprint density at radius 2 is 1.96 bits per heavy atom. The Labute approximate surface area is 153 Å². The molecular formula is C17H26N4O4S. The summed E-state index contributed by atoms with van der Waals surface area (Å²) in [6.07, 6.45) is 7.31. The molecule has 0 unspecified atom stereocenters. The molecule has 0 aromatic carbocycles. The molecule has 1 aromatic heterocycles. The van der Waals surface area contributed by atoms with Gasteiger partial charge in [0.05, 0.1) is 17.8 Å². The molecule has 3 aliphatic rings. The molecule has 0 radical (unpaired) electrons. The fourth-order valence-corrected chi connectivity index (χ4v) is 5.09. The lowest BCUT2D eigenvalue weighted by Crippen LogP contribution is -2.37. The fraction of sp³-hybridized carbons (Fsp3) is 0.824. The Balaban J connectivity index is 1.46. The molecule has 4 rings (SSSR count). The maximum absolute atomic E-state index is 12.3. The summed E-state index contributed by atoms with van der Waals surface area (Å²) in [4.78, 5) is 14.0. The number of amides is 1. The van der Waals surface area contributed by atoms with Gasteiger partial charge >= 0.3 is 0 Å². The Bertz CT molecular complexity index is 788. The van der Waals surface area contributed by atoms with Gasteiger partial charge in [0, 0.05) is 38.6 Å². The second kappa shape index (κ2) is 6.60. The van der Waals surface area contributed by atoms with Crippen LogP contribution in [0.1, 0.15) is 43.3 Å². The zero-order valence-corrected chi connectivity index (χ0v) is 16.1. The van der Waals surface area contributed by atoms with Crippen molar-refractivity contribution in [2.75, 3.05) is 32.2 Å². The van der Waals surface area contributed by atoms with Crippen molar-refractivity contribution < 1.29 is 17.9 Å². The van der Waals surface area contributed by atoms with Crippen molar-refractivity contribution in [2.24, 2.45) is 11.8 Å². The first-order chi connectivity index (χ1) is 12.3. The van der Waals surface area contributed by atoms with Crippen molar-refractivity contribution in [2.45, 2.75) is 43.7 Å². The molecule has 2 heterocycles. The second-order valence-electron chi connectivity index (χ2n) is 8.10. The number of aromatic nitrogens is 3. The van der Waals surface area contributed by atoms with Gasteiger partial charge in [-0.2, -0.15) is 0 Å². The predicted molar refractivity (Wildman–Crippen MR) is 94.3 cm³/mol. The average Bonchev–Trinajstić information content (AvgIpc) is 3.15. The lowest BCUT2D eigenvalue weighted by molar-refractivity contribution is -0.127. The normalized spacial score (nSPS) is 31.8. The van der Waals surface area contributed by atoms with Crippen molar-refractivity contribution in [1.29, 1.82) is 0 Å². The van der Waals surface area contributed by atoms with Crippen LogP contribution in [0, 0.1) is 11.8 Å². The number of ether oxygens (including phenoxy) is 1. The summed E-state index contributed by atoms with van der Waals surface area (Å²) < 4.78 is 30.5. The van der Waals surface area contributed by atoms with Crippen molar-refractivity contribution in [3.05, 3.63) is 11.9 Å². The van der Waals surface area contributed by atoms with Crippen LogP contribution in [0.3, 0.4) is 0 Å². The van der Waals surface area contributed by atoms with E-state index in [1.54, 1.807) is 12.0 Å². The molecule has 26 heavy (non-hydrogen) atoms. The predicted octanol–water partition coefficient (Wildman–Crippen LogP) is 0.625. The van der Waals surface area contributed by atoms with Crippen LogP contribution in [-0.4, -0.2) is 72.5 Å². The molecule has 9 heteroatoms. The Hall–Kier alpha value is -1.48. The maximum Gasteiger partial charge on any atom is 0.237 e. The molecule has 0 spiro atoms. The number of carbonyl (C=O) groups is 1. The van der Waals surface area contributed by atoms with Crippen molar-refractivity contribution >= 4 is 15.7 Å². The van der Waals surface area contributed by atoms with E-state index in [2.05, 4.69) is 16.5 Å². The van der Waals surface area contributed by atoms with Gasteiger partial charge in [0.15, 0.2) is 9.84 Å². The van der Waals surface area contributed by atoms with E-state index in [0.29, 0.717) is 30.8 Å².